The zero-order chi connectivity index (χ0) is 24.8. The van der Waals surface area contributed by atoms with E-state index in [-0.39, 0.29) is 43.4 Å². The predicted octanol–water partition coefficient (Wildman–Crippen LogP) is 3.69. The number of rotatable bonds is 10. The number of amides is 2. The Morgan fingerprint density at radius 1 is 1.09 bits per heavy atom. The molecule has 1 aliphatic heterocycles. The molecule has 0 aromatic heterocycles. The molecule has 0 radical (unpaired) electrons. The number of nitrogens with one attached hydrogen (secondary N) is 2. The molecule has 0 spiro atoms. The van der Waals surface area contributed by atoms with Gasteiger partial charge in [0.25, 0.3) is 0 Å². The molecule has 1 saturated heterocycles. The minimum absolute atomic E-state index is 0.0307. The van der Waals surface area contributed by atoms with Crippen LogP contribution in [0.2, 0.25) is 0 Å². The number of carbonyl (C=O) groups excluding carboxylic acids is 2. The van der Waals surface area contributed by atoms with E-state index in [4.69, 9.17) is 9.47 Å². The summed E-state index contributed by atoms with van der Waals surface area (Å²) in [4.78, 5) is 36.4. The van der Waals surface area contributed by atoms with Crippen molar-refractivity contribution in [1.29, 1.82) is 0 Å². The first-order valence-electron chi connectivity index (χ1n) is 12.2. The second-order valence-corrected chi connectivity index (χ2v) is 9.14. The molecule has 8 heteroatoms. The Bertz CT molecular complexity index is 1030. The quantitative estimate of drug-likeness (QED) is 0.478. The Kier molecular flexibility index (Phi) is 8.02. The predicted molar refractivity (Wildman–Crippen MR) is 130 cm³/mol. The minimum Gasteiger partial charge on any atom is -0.479 e. The van der Waals surface area contributed by atoms with Gasteiger partial charge >= 0.3 is 12.1 Å². The first-order valence-corrected chi connectivity index (χ1v) is 12.2. The van der Waals surface area contributed by atoms with E-state index < -0.39 is 18.2 Å². The average Bonchev–Trinajstić information content (AvgIpc) is 3.44. The summed E-state index contributed by atoms with van der Waals surface area (Å²) in [5, 5.41) is 14.8. The van der Waals surface area contributed by atoms with E-state index in [1.807, 2.05) is 31.2 Å². The number of carbonyl (C=O) groups is 3. The van der Waals surface area contributed by atoms with Gasteiger partial charge in [-0.15, -0.1) is 0 Å². The van der Waals surface area contributed by atoms with Gasteiger partial charge in [0.1, 0.15) is 6.61 Å². The summed E-state index contributed by atoms with van der Waals surface area (Å²) in [6, 6.07) is 15.9. The fourth-order valence-corrected chi connectivity index (χ4v) is 5.04. The van der Waals surface area contributed by atoms with E-state index in [2.05, 4.69) is 34.9 Å². The molecule has 0 saturated carbocycles. The third kappa shape index (κ3) is 5.82. The number of ether oxygens (including phenoxy) is 2. The van der Waals surface area contributed by atoms with Crippen molar-refractivity contribution in [3.8, 4) is 11.1 Å². The van der Waals surface area contributed by atoms with Crippen LogP contribution in [0.3, 0.4) is 0 Å². The molecule has 0 bridgehead atoms. The maximum atomic E-state index is 12.6. The Morgan fingerprint density at radius 3 is 2.37 bits per heavy atom. The second kappa shape index (κ2) is 11.4. The lowest BCUT2D eigenvalue weighted by Gasteiger charge is -2.20. The van der Waals surface area contributed by atoms with Crippen molar-refractivity contribution in [2.75, 3.05) is 19.8 Å². The number of alkyl carbamates (subject to hydrolysis) is 1. The number of benzene rings is 2. The maximum absolute atomic E-state index is 12.6. The number of fused-ring (bicyclic) bond motifs is 3. The van der Waals surface area contributed by atoms with Crippen molar-refractivity contribution >= 4 is 18.0 Å². The highest BCUT2D eigenvalue weighted by atomic mass is 16.5. The van der Waals surface area contributed by atoms with Crippen LogP contribution in [0.5, 0.6) is 0 Å². The van der Waals surface area contributed by atoms with Gasteiger partial charge in [-0.05, 0) is 35.1 Å². The van der Waals surface area contributed by atoms with Crippen LogP contribution in [-0.4, -0.2) is 55.0 Å². The smallest absolute Gasteiger partial charge is 0.407 e. The topological polar surface area (TPSA) is 114 Å². The zero-order valence-corrected chi connectivity index (χ0v) is 19.9. The van der Waals surface area contributed by atoms with E-state index in [0.717, 1.165) is 28.7 Å². The lowest BCUT2D eigenvalue weighted by Crippen LogP contribution is -2.41. The highest BCUT2D eigenvalue weighted by Gasteiger charge is 2.34. The van der Waals surface area contributed by atoms with Crippen LogP contribution in [0.25, 0.3) is 11.1 Å². The average molecular weight is 481 g/mol. The summed E-state index contributed by atoms with van der Waals surface area (Å²) in [7, 11) is 0. The molecule has 3 N–H and O–H groups in total. The van der Waals surface area contributed by atoms with Crippen LogP contribution in [-0.2, 0) is 19.1 Å². The molecule has 1 fully saturated rings. The minimum atomic E-state index is -1.01. The monoisotopic (exact) mass is 480 g/mol. The van der Waals surface area contributed by atoms with Crippen LogP contribution in [0.1, 0.15) is 49.7 Å². The third-order valence-electron chi connectivity index (χ3n) is 6.75. The maximum Gasteiger partial charge on any atom is 0.407 e. The molecule has 2 aromatic rings. The largest absolute Gasteiger partial charge is 0.479 e. The lowest BCUT2D eigenvalue weighted by molar-refractivity contribution is -0.149. The standard InChI is InChI=1S/C27H32N2O6/c1-2-7-18(14-24(30)28-15-17-12-13-34-25(17)26(31)32)29-27(33)35-16-23-21-10-5-3-8-19(21)20-9-4-6-11-22(20)23/h3-6,8-11,17-18,23,25H,2,7,12-16H2,1H3,(H,28,30)(H,29,33)(H,31,32)/t17-,18?,25-/m0/s1. The first-order chi connectivity index (χ1) is 17.0. The van der Waals surface area contributed by atoms with Gasteiger partial charge in [0.05, 0.1) is 0 Å². The van der Waals surface area contributed by atoms with Gasteiger partial charge in [-0.3, -0.25) is 4.79 Å². The summed E-state index contributed by atoms with van der Waals surface area (Å²) < 4.78 is 10.8. The summed E-state index contributed by atoms with van der Waals surface area (Å²) >= 11 is 0. The van der Waals surface area contributed by atoms with Gasteiger partial charge in [0.15, 0.2) is 6.10 Å². The van der Waals surface area contributed by atoms with Crippen molar-refractivity contribution in [1.82, 2.24) is 10.6 Å². The van der Waals surface area contributed by atoms with Crippen LogP contribution in [0.15, 0.2) is 48.5 Å². The molecule has 35 heavy (non-hydrogen) atoms. The molecule has 1 heterocycles. The SMILES string of the molecule is CCCC(CC(=O)NC[C@@H]1CCO[C@@H]1C(=O)O)NC(=O)OCC1c2ccccc2-c2ccccc21. The van der Waals surface area contributed by atoms with Gasteiger partial charge in [-0.2, -0.15) is 0 Å². The van der Waals surface area contributed by atoms with Gasteiger partial charge < -0.3 is 25.2 Å². The van der Waals surface area contributed by atoms with E-state index in [0.29, 0.717) is 19.4 Å². The van der Waals surface area contributed by atoms with Gasteiger partial charge in [-0.25, -0.2) is 9.59 Å². The van der Waals surface area contributed by atoms with E-state index >= 15 is 0 Å². The molecule has 1 unspecified atom stereocenters. The fourth-order valence-electron chi connectivity index (χ4n) is 5.04. The van der Waals surface area contributed by atoms with E-state index in [1.54, 1.807) is 0 Å². The van der Waals surface area contributed by atoms with E-state index in [9.17, 15) is 19.5 Å². The van der Waals surface area contributed by atoms with E-state index in [1.165, 1.54) is 0 Å². The Balaban J connectivity index is 1.29. The molecule has 2 aliphatic rings. The lowest BCUT2D eigenvalue weighted by atomic mass is 9.98. The number of carboxylic acid groups (broad SMARTS) is 1. The molecule has 1 aliphatic carbocycles. The van der Waals surface area contributed by atoms with Crippen molar-refractivity contribution in [3.63, 3.8) is 0 Å². The summed E-state index contributed by atoms with van der Waals surface area (Å²) in [6.07, 6.45) is 0.673. The highest BCUT2D eigenvalue weighted by Crippen LogP contribution is 2.44. The molecule has 8 nitrogen and oxygen atoms in total. The molecule has 2 amide bonds. The first kappa shape index (κ1) is 24.7. The van der Waals surface area contributed by atoms with Gasteiger partial charge in [0, 0.05) is 37.5 Å². The van der Waals surface area contributed by atoms with Crippen LogP contribution in [0, 0.1) is 5.92 Å². The molecule has 2 aromatic carbocycles. The Hall–Kier alpha value is -3.39. The summed E-state index contributed by atoms with van der Waals surface area (Å²) in [6.45, 7) is 2.81. The Morgan fingerprint density at radius 2 is 1.74 bits per heavy atom. The fraction of sp³-hybridized carbons (Fsp3) is 0.444. The Labute approximate surface area is 205 Å². The van der Waals surface area contributed by atoms with Gasteiger partial charge in [0.2, 0.25) is 5.91 Å². The number of hydrogen-bond donors (Lipinski definition) is 3. The molecular formula is C27H32N2O6. The second-order valence-electron chi connectivity index (χ2n) is 9.14. The number of carboxylic acids is 1. The van der Waals surface area contributed by atoms with Gasteiger partial charge in [-0.1, -0.05) is 61.9 Å². The highest BCUT2D eigenvalue weighted by molar-refractivity contribution is 5.80. The molecule has 4 rings (SSSR count). The number of hydrogen-bond acceptors (Lipinski definition) is 5. The zero-order valence-electron chi connectivity index (χ0n) is 19.9. The van der Waals surface area contributed by atoms with Crippen molar-refractivity contribution in [3.05, 3.63) is 59.7 Å². The summed E-state index contributed by atoms with van der Waals surface area (Å²) in [5.74, 6) is -1.53. The normalized spacial score (nSPS) is 19.5. The van der Waals surface area contributed by atoms with Crippen molar-refractivity contribution in [2.45, 2.75) is 50.7 Å². The van der Waals surface area contributed by atoms with Crippen LogP contribution in [0.4, 0.5) is 4.79 Å². The van der Waals surface area contributed by atoms with Crippen molar-refractivity contribution < 1.29 is 29.0 Å². The van der Waals surface area contributed by atoms with Crippen LogP contribution < -0.4 is 10.6 Å². The molecule has 186 valence electrons. The summed E-state index contributed by atoms with van der Waals surface area (Å²) in [5.41, 5.74) is 4.61. The number of aliphatic carboxylic acids is 1. The molecule has 3 atom stereocenters. The van der Waals surface area contributed by atoms with Crippen molar-refractivity contribution in [2.24, 2.45) is 5.92 Å². The third-order valence-corrected chi connectivity index (χ3v) is 6.75. The van der Waals surface area contributed by atoms with Crippen LogP contribution >= 0.6 is 0 Å². The molecular weight excluding hydrogens is 448 g/mol.